The predicted octanol–water partition coefficient (Wildman–Crippen LogP) is 4.50. The van der Waals surface area contributed by atoms with Crippen molar-refractivity contribution in [2.75, 3.05) is 13.6 Å². The summed E-state index contributed by atoms with van der Waals surface area (Å²) in [6.07, 6.45) is 0. The number of halogens is 2. The van der Waals surface area contributed by atoms with Crippen LogP contribution in [0.2, 0.25) is 9.36 Å². The lowest BCUT2D eigenvalue weighted by Gasteiger charge is -2.27. The van der Waals surface area contributed by atoms with Gasteiger partial charge in [0.1, 0.15) is 0 Å². The van der Waals surface area contributed by atoms with Crippen LogP contribution >= 0.6 is 34.5 Å². The number of rotatable bonds is 5. The Morgan fingerprint density at radius 3 is 2.55 bits per heavy atom. The summed E-state index contributed by atoms with van der Waals surface area (Å²) < 4.78 is 0.816. The minimum Gasteiger partial charge on any atom is -0.329 e. The molecule has 5 heteroatoms. The molecule has 1 aromatic heterocycles. The van der Waals surface area contributed by atoms with Gasteiger partial charge in [-0.1, -0.05) is 35.3 Å². The van der Waals surface area contributed by atoms with Crippen LogP contribution < -0.4 is 5.73 Å². The van der Waals surface area contributed by atoms with Crippen LogP contribution in [0.5, 0.6) is 0 Å². The molecule has 2 nitrogen and oxygen atoms in total. The number of hydrogen-bond acceptors (Lipinski definition) is 3. The molecule has 0 fully saturated rings. The molecule has 0 aliphatic carbocycles. The standard InChI is InChI=1S/C15H18Cl2N2S/c1-10-3-4-11(7-13(10)16)14(8-18)19(2)9-12-5-6-15(17)20-12/h3-7,14H,8-9,18H2,1-2H3. The van der Waals surface area contributed by atoms with Gasteiger partial charge in [0, 0.05) is 29.0 Å². The van der Waals surface area contributed by atoms with E-state index in [1.165, 1.54) is 4.88 Å². The van der Waals surface area contributed by atoms with Crippen LogP contribution in [0.1, 0.15) is 22.0 Å². The Labute approximate surface area is 134 Å². The minimum atomic E-state index is 0.147. The van der Waals surface area contributed by atoms with Gasteiger partial charge in [0.15, 0.2) is 0 Å². The van der Waals surface area contributed by atoms with Gasteiger partial charge in [0.25, 0.3) is 0 Å². The van der Waals surface area contributed by atoms with Gasteiger partial charge in [-0.05, 0) is 43.3 Å². The maximum absolute atomic E-state index is 6.21. The number of thiophene rings is 1. The van der Waals surface area contributed by atoms with Crippen molar-refractivity contribution in [3.63, 3.8) is 0 Å². The Hall–Kier alpha value is -0.580. The Kier molecular flexibility index (Phi) is 5.47. The molecule has 108 valence electrons. The third kappa shape index (κ3) is 3.74. The first-order valence-electron chi connectivity index (χ1n) is 6.42. The number of benzene rings is 1. The molecule has 0 aliphatic rings. The van der Waals surface area contributed by atoms with Gasteiger partial charge in [-0.15, -0.1) is 11.3 Å². The van der Waals surface area contributed by atoms with Crippen molar-refractivity contribution in [2.24, 2.45) is 5.73 Å². The minimum absolute atomic E-state index is 0.147. The summed E-state index contributed by atoms with van der Waals surface area (Å²) in [4.78, 5) is 3.46. The van der Waals surface area contributed by atoms with Crippen LogP contribution in [0.25, 0.3) is 0 Å². The van der Waals surface area contributed by atoms with Crippen LogP contribution in [0.4, 0.5) is 0 Å². The largest absolute Gasteiger partial charge is 0.329 e. The molecule has 0 saturated heterocycles. The summed E-state index contributed by atoms with van der Waals surface area (Å²) in [7, 11) is 2.07. The lowest BCUT2D eigenvalue weighted by atomic mass is 10.0. The van der Waals surface area contributed by atoms with E-state index in [1.807, 2.05) is 25.1 Å². The molecule has 0 saturated carbocycles. The number of nitrogens with two attached hydrogens (primary N) is 1. The van der Waals surface area contributed by atoms with Gasteiger partial charge < -0.3 is 5.73 Å². The van der Waals surface area contributed by atoms with Crippen LogP contribution in [-0.2, 0) is 6.54 Å². The van der Waals surface area contributed by atoms with Gasteiger partial charge >= 0.3 is 0 Å². The smallest absolute Gasteiger partial charge is 0.0931 e. The van der Waals surface area contributed by atoms with Gasteiger partial charge in [-0.3, -0.25) is 4.90 Å². The first kappa shape index (κ1) is 15.8. The maximum Gasteiger partial charge on any atom is 0.0931 e. The molecular weight excluding hydrogens is 311 g/mol. The maximum atomic E-state index is 6.21. The summed E-state index contributed by atoms with van der Waals surface area (Å²) >= 11 is 13.8. The van der Waals surface area contributed by atoms with Gasteiger partial charge in [-0.2, -0.15) is 0 Å². The van der Waals surface area contributed by atoms with Gasteiger partial charge in [0.05, 0.1) is 4.34 Å². The number of likely N-dealkylation sites (N-methyl/N-ethyl adjacent to an activating group) is 1. The van der Waals surface area contributed by atoms with E-state index in [0.29, 0.717) is 6.54 Å². The second kappa shape index (κ2) is 6.92. The zero-order valence-electron chi connectivity index (χ0n) is 11.6. The Morgan fingerprint density at radius 1 is 1.25 bits per heavy atom. The summed E-state index contributed by atoms with van der Waals surface area (Å²) in [5, 5.41) is 0.786. The second-order valence-electron chi connectivity index (χ2n) is 4.88. The molecule has 2 aromatic rings. The van der Waals surface area contributed by atoms with Crippen molar-refractivity contribution in [3.05, 3.63) is 55.7 Å². The van der Waals surface area contributed by atoms with Crippen molar-refractivity contribution in [1.82, 2.24) is 4.90 Å². The summed E-state index contributed by atoms with van der Waals surface area (Å²) in [5.41, 5.74) is 8.17. The fraction of sp³-hybridized carbons (Fsp3) is 0.333. The predicted molar refractivity (Wildman–Crippen MR) is 88.8 cm³/mol. The molecule has 0 aliphatic heterocycles. The van der Waals surface area contributed by atoms with E-state index < -0.39 is 0 Å². The normalized spacial score (nSPS) is 12.9. The Bertz CT molecular complexity index is 583. The third-order valence-corrected chi connectivity index (χ3v) is 4.99. The van der Waals surface area contributed by atoms with Gasteiger partial charge in [0.2, 0.25) is 0 Å². The van der Waals surface area contributed by atoms with E-state index in [0.717, 1.165) is 27.0 Å². The second-order valence-corrected chi connectivity index (χ2v) is 7.09. The van der Waals surface area contributed by atoms with E-state index in [1.54, 1.807) is 11.3 Å². The first-order chi connectivity index (χ1) is 9.51. The molecule has 1 atom stereocenters. The number of hydrogen-bond donors (Lipinski definition) is 1. The average Bonchev–Trinajstić information content (AvgIpc) is 2.80. The fourth-order valence-electron chi connectivity index (χ4n) is 2.18. The van der Waals surface area contributed by atoms with Crippen molar-refractivity contribution in [1.29, 1.82) is 0 Å². The van der Waals surface area contributed by atoms with Crippen LogP contribution in [0, 0.1) is 6.92 Å². The van der Waals surface area contributed by atoms with E-state index in [4.69, 9.17) is 28.9 Å². The van der Waals surface area contributed by atoms with E-state index in [9.17, 15) is 0 Å². The fourth-order valence-corrected chi connectivity index (χ4v) is 3.52. The first-order valence-corrected chi connectivity index (χ1v) is 7.99. The molecule has 1 unspecified atom stereocenters. The van der Waals surface area contributed by atoms with Crippen LogP contribution in [0.15, 0.2) is 30.3 Å². The molecule has 0 spiro atoms. The van der Waals surface area contributed by atoms with E-state index in [-0.39, 0.29) is 6.04 Å². The zero-order valence-corrected chi connectivity index (χ0v) is 13.9. The molecule has 2 rings (SSSR count). The Balaban J connectivity index is 2.16. The van der Waals surface area contributed by atoms with Crippen molar-refractivity contribution in [3.8, 4) is 0 Å². The zero-order chi connectivity index (χ0) is 14.7. The molecule has 20 heavy (non-hydrogen) atoms. The highest BCUT2D eigenvalue weighted by Gasteiger charge is 2.17. The third-order valence-electron chi connectivity index (χ3n) is 3.37. The SMILES string of the molecule is Cc1ccc(C(CN)N(C)Cc2ccc(Cl)s2)cc1Cl. The van der Waals surface area contributed by atoms with Crippen LogP contribution in [-0.4, -0.2) is 18.5 Å². The summed E-state index contributed by atoms with van der Waals surface area (Å²) in [6, 6.07) is 10.3. The number of nitrogens with zero attached hydrogens (tertiary/aromatic N) is 1. The van der Waals surface area contributed by atoms with Gasteiger partial charge in [-0.25, -0.2) is 0 Å². The molecule has 0 radical (unpaired) electrons. The molecular formula is C15H18Cl2N2S. The van der Waals surface area contributed by atoms with E-state index >= 15 is 0 Å². The van der Waals surface area contributed by atoms with Crippen LogP contribution in [0.3, 0.4) is 0 Å². The molecule has 1 heterocycles. The van der Waals surface area contributed by atoms with Crippen molar-refractivity contribution >= 4 is 34.5 Å². The monoisotopic (exact) mass is 328 g/mol. The Morgan fingerprint density at radius 2 is 2.00 bits per heavy atom. The quantitative estimate of drug-likeness (QED) is 0.875. The van der Waals surface area contributed by atoms with E-state index in [2.05, 4.69) is 24.1 Å². The lowest BCUT2D eigenvalue weighted by molar-refractivity contribution is 0.244. The number of aryl methyl sites for hydroxylation is 1. The lowest BCUT2D eigenvalue weighted by Crippen LogP contribution is -2.29. The summed E-state index contributed by atoms with van der Waals surface area (Å²) in [5.74, 6) is 0. The molecule has 1 aromatic carbocycles. The molecule has 0 bridgehead atoms. The molecule has 2 N–H and O–H groups in total. The van der Waals surface area contributed by atoms with Crippen molar-refractivity contribution in [2.45, 2.75) is 19.5 Å². The topological polar surface area (TPSA) is 29.3 Å². The van der Waals surface area contributed by atoms with Crippen molar-refractivity contribution < 1.29 is 0 Å². The summed E-state index contributed by atoms with van der Waals surface area (Å²) in [6.45, 7) is 3.38. The highest BCUT2D eigenvalue weighted by molar-refractivity contribution is 7.16. The average molecular weight is 329 g/mol. The highest BCUT2D eigenvalue weighted by Crippen LogP contribution is 2.28. The highest BCUT2D eigenvalue weighted by atomic mass is 35.5. The molecule has 0 amide bonds.